The van der Waals surface area contributed by atoms with Crippen LogP contribution in [-0.2, 0) is 11.2 Å². The van der Waals surface area contributed by atoms with Crippen LogP contribution in [0.1, 0.15) is 57.9 Å². The van der Waals surface area contributed by atoms with E-state index in [2.05, 4.69) is 18.7 Å². The minimum Gasteiger partial charge on any atom is -0.491 e. The summed E-state index contributed by atoms with van der Waals surface area (Å²) in [7, 11) is 0. The highest BCUT2D eigenvalue weighted by Crippen LogP contribution is 2.24. The van der Waals surface area contributed by atoms with Crippen LogP contribution in [0.2, 0.25) is 0 Å². The summed E-state index contributed by atoms with van der Waals surface area (Å²) in [6.45, 7) is 5.84. The van der Waals surface area contributed by atoms with Gasteiger partial charge in [0.25, 0.3) is 0 Å². The maximum absolute atomic E-state index is 12.5. The summed E-state index contributed by atoms with van der Waals surface area (Å²) in [4.78, 5) is 14.6. The Morgan fingerprint density at radius 1 is 1.35 bits per heavy atom. The van der Waals surface area contributed by atoms with Gasteiger partial charge in [-0.15, -0.1) is 0 Å². The third-order valence-electron chi connectivity index (χ3n) is 4.58. The van der Waals surface area contributed by atoms with E-state index in [-0.39, 0.29) is 5.91 Å². The molecule has 2 N–H and O–H groups in total. The average Bonchev–Trinajstić information content (AvgIpc) is 2.58. The molecule has 1 saturated heterocycles. The standard InChI is InChI=1S/C19H30N2O2/c1-3-13-23-18-10-8-15(14-17(18)20)9-11-19(22)21-12-6-5-7-16(21)4-2/h8,10,14,16H,3-7,9,11-13,20H2,1-2H3. The summed E-state index contributed by atoms with van der Waals surface area (Å²) < 4.78 is 5.59. The summed E-state index contributed by atoms with van der Waals surface area (Å²) in [6, 6.07) is 6.31. The van der Waals surface area contributed by atoms with Gasteiger partial charge in [-0.3, -0.25) is 4.79 Å². The number of aryl methyl sites for hydroxylation is 1. The van der Waals surface area contributed by atoms with Gasteiger partial charge in [0.15, 0.2) is 0 Å². The number of carbonyl (C=O) groups is 1. The summed E-state index contributed by atoms with van der Waals surface area (Å²) in [5, 5.41) is 0. The number of carbonyl (C=O) groups excluding carboxylic acids is 1. The van der Waals surface area contributed by atoms with Crippen LogP contribution in [-0.4, -0.2) is 30.0 Å². The molecule has 0 bridgehead atoms. The van der Waals surface area contributed by atoms with E-state index < -0.39 is 0 Å². The molecule has 1 atom stereocenters. The van der Waals surface area contributed by atoms with Crippen molar-refractivity contribution in [2.24, 2.45) is 0 Å². The van der Waals surface area contributed by atoms with Gasteiger partial charge in [-0.25, -0.2) is 0 Å². The summed E-state index contributed by atoms with van der Waals surface area (Å²) in [5.74, 6) is 1.02. The molecule has 1 aliphatic rings. The normalized spacial score (nSPS) is 18.0. The minimum atomic E-state index is 0.279. The van der Waals surface area contributed by atoms with Gasteiger partial charge < -0.3 is 15.4 Å². The summed E-state index contributed by atoms with van der Waals surface area (Å²) in [6.07, 6.45) is 6.86. The quantitative estimate of drug-likeness (QED) is 0.778. The van der Waals surface area contributed by atoms with E-state index in [1.54, 1.807) is 0 Å². The van der Waals surface area contributed by atoms with E-state index in [1.165, 1.54) is 6.42 Å². The first kappa shape index (κ1) is 17.6. The second-order valence-corrected chi connectivity index (χ2v) is 6.37. The van der Waals surface area contributed by atoms with Crippen molar-refractivity contribution in [1.29, 1.82) is 0 Å². The van der Waals surface area contributed by atoms with E-state index >= 15 is 0 Å². The lowest BCUT2D eigenvalue weighted by molar-refractivity contribution is -0.134. The van der Waals surface area contributed by atoms with Crippen LogP contribution in [0, 0.1) is 0 Å². The van der Waals surface area contributed by atoms with Crippen molar-refractivity contribution in [1.82, 2.24) is 4.90 Å². The fourth-order valence-electron chi connectivity index (χ4n) is 3.25. The van der Waals surface area contributed by atoms with E-state index in [0.29, 0.717) is 24.8 Å². The minimum absolute atomic E-state index is 0.279. The first-order valence-electron chi connectivity index (χ1n) is 8.96. The number of nitrogens with zero attached hydrogens (tertiary/aromatic N) is 1. The van der Waals surface area contributed by atoms with Crippen LogP contribution < -0.4 is 10.5 Å². The van der Waals surface area contributed by atoms with Gasteiger partial charge in [-0.1, -0.05) is 19.9 Å². The van der Waals surface area contributed by atoms with Gasteiger partial charge >= 0.3 is 0 Å². The molecule has 4 heteroatoms. The van der Waals surface area contributed by atoms with Crippen molar-refractivity contribution in [3.8, 4) is 5.75 Å². The second-order valence-electron chi connectivity index (χ2n) is 6.37. The molecule has 1 heterocycles. The highest BCUT2D eigenvalue weighted by atomic mass is 16.5. The molecule has 0 saturated carbocycles. The van der Waals surface area contributed by atoms with E-state index in [0.717, 1.165) is 50.0 Å². The van der Waals surface area contributed by atoms with Crippen molar-refractivity contribution in [3.63, 3.8) is 0 Å². The molecule has 0 aliphatic carbocycles. The Kier molecular flexibility index (Phi) is 6.75. The van der Waals surface area contributed by atoms with E-state index in [4.69, 9.17) is 10.5 Å². The predicted molar refractivity (Wildman–Crippen MR) is 94.6 cm³/mol. The number of benzene rings is 1. The zero-order valence-corrected chi connectivity index (χ0v) is 14.5. The molecule has 0 aromatic heterocycles. The first-order chi connectivity index (χ1) is 11.2. The molecule has 1 aromatic rings. The Balaban J connectivity index is 1.89. The van der Waals surface area contributed by atoms with Gasteiger partial charge in [-0.05, 0) is 56.2 Å². The van der Waals surface area contributed by atoms with Crippen LogP contribution in [0.4, 0.5) is 5.69 Å². The van der Waals surface area contributed by atoms with Crippen LogP contribution in [0.25, 0.3) is 0 Å². The number of nitrogen functional groups attached to an aromatic ring is 1. The van der Waals surface area contributed by atoms with Gasteiger partial charge in [0.2, 0.25) is 5.91 Å². The molecule has 1 fully saturated rings. The first-order valence-corrected chi connectivity index (χ1v) is 8.96. The summed E-state index contributed by atoms with van der Waals surface area (Å²) >= 11 is 0. The van der Waals surface area contributed by atoms with Crippen LogP contribution in [0.5, 0.6) is 5.75 Å². The number of rotatable bonds is 7. The van der Waals surface area contributed by atoms with Crippen molar-refractivity contribution < 1.29 is 9.53 Å². The van der Waals surface area contributed by atoms with Crippen molar-refractivity contribution in [3.05, 3.63) is 23.8 Å². The number of likely N-dealkylation sites (tertiary alicyclic amines) is 1. The zero-order valence-electron chi connectivity index (χ0n) is 14.5. The number of hydrogen-bond acceptors (Lipinski definition) is 3. The molecule has 23 heavy (non-hydrogen) atoms. The van der Waals surface area contributed by atoms with Gasteiger partial charge in [-0.2, -0.15) is 0 Å². The van der Waals surface area contributed by atoms with Gasteiger partial charge in [0, 0.05) is 19.0 Å². The number of hydrogen-bond donors (Lipinski definition) is 1. The fourth-order valence-corrected chi connectivity index (χ4v) is 3.25. The second kappa shape index (κ2) is 8.80. The third kappa shape index (κ3) is 4.88. The van der Waals surface area contributed by atoms with E-state index in [1.807, 2.05) is 18.2 Å². The number of anilines is 1. The average molecular weight is 318 g/mol. The Bertz CT molecular complexity index is 516. The molecule has 1 amide bonds. The lowest BCUT2D eigenvalue weighted by Crippen LogP contribution is -2.43. The number of nitrogens with two attached hydrogens (primary N) is 1. The molecular formula is C19H30N2O2. The third-order valence-corrected chi connectivity index (χ3v) is 4.58. The topological polar surface area (TPSA) is 55.6 Å². The number of amides is 1. The number of piperidine rings is 1. The SMILES string of the molecule is CCCOc1ccc(CCC(=O)N2CCCCC2CC)cc1N. The molecule has 0 spiro atoms. The molecule has 128 valence electrons. The zero-order chi connectivity index (χ0) is 16.7. The lowest BCUT2D eigenvalue weighted by atomic mass is 9.99. The molecule has 1 aromatic carbocycles. The van der Waals surface area contributed by atoms with E-state index in [9.17, 15) is 4.79 Å². The molecule has 1 unspecified atom stereocenters. The monoisotopic (exact) mass is 318 g/mol. The van der Waals surface area contributed by atoms with Crippen molar-refractivity contribution in [2.45, 2.75) is 64.8 Å². The predicted octanol–water partition coefficient (Wildman–Crippen LogP) is 3.78. The molecule has 0 radical (unpaired) electrons. The van der Waals surface area contributed by atoms with Crippen molar-refractivity contribution >= 4 is 11.6 Å². The number of ether oxygens (including phenoxy) is 1. The van der Waals surface area contributed by atoms with Crippen LogP contribution >= 0.6 is 0 Å². The Morgan fingerprint density at radius 2 is 2.17 bits per heavy atom. The molecule has 1 aliphatic heterocycles. The smallest absolute Gasteiger partial charge is 0.223 e. The summed E-state index contributed by atoms with van der Waals surface area (Å²) in [5.41, 5.74) is 7.80. The highest BCUT2D eigenvalue weighted by molar-refractivity contribution is 5.77. The Morgan fingerprint density at radius 3 is 2.87 bits per heavy atom. The Labute approximate surface area is 140 Å². The van der Waals surface area contributed by atoms with Crippen molar-refractivity contribution in [2.75, 3.05) is 18.9 Å². The molecule has 2 rings (SSSR count). The van der Waals surface area contributed by atoms with Crippen LogP contribution in [0.3, 0.4) is 0 Å². The highest BCUT2D eigenvalue weighted by Gasteiger charge is 2.24. The largest absolute Gasteiger partial charge is 0.491 e. The molecular weight excluding hydrogens is 288 g/mol. The van der Waals surface area contributed by atoms with Crippen LogP contribution in [0.15, 0.2) is 18.2 Å². The molecule has 4 nitrogen and oxygen atoms in total. The van der Waals surface area contributed by atoms with Gasteiger partial charge in [0.05, 0.1) is 12.3 Å². The lowest BCUT2D eigenvalue weighted by Gasteiger charge is -2.35. The Hall–Kier alpha value is -1.71. The maximum Gasteiger partial charge on any atom is 0.223 e. The van der Waals surface area contributed by atoms with Gasteiger partial charge in [0.1, 0.15) is 5.75 Å². The fraction of sp³-hybridized carbons (Fsp3) is 0.632. The maximum atomic E-state index is 12.5.